The lowest BCUT2D eigenvalue weighted by molar-refractivity contribution is -0.156. The Hall–Kier alpha value is -3.19. The molecular formula is C22H24N2O5. The molecule has 1 aliphatic heterocycles. The summed E-state index contributed by atoms with van der Waals surface area (Å²) in [4.78, 5) is 24.4. The number of ether oxygens (including phenoxy) is 3. The normalized spacial score (nSPS) is 15.7. The molecule has 0 saturated heterocycles. The van der Waals surface area contributed by atoms with Gasteiger partial charge in [-0.15, -0.1) is 0 Å². The van der Waals surface area contributed by atoms with E-state index in [0.717, 1.165) is 22.6 Å². The van der Waals surface area contributed by atoms with Gasteiger partial charge in [0.25, 0.3) is 5.91 Å². The predicted octanol–water partition coefficient (Wildman–Crippen LogP) is 2.95. The van der Waals surface area contributed by atoms with E-state index in [2.05, 4.69) is 5.10 Å². The Balaban J connectivity index is 1.78. The summed E-state index contributed by atoms with van der Waals surface area (Å²) in [5.74, 6) is -0.229. The van der Waals surface area contributed by atoms with Crippen molar-refractivity contribution in [1.82, 2.24) is 5.01 Å². The molecule has 1 heterocycles. The molecule has 0 bridgehead atoms. The third-order valence-corrected chi connectivity index (χ3v) is 4.55. The first-order valence-electron chi connectivity index (χ1n) is 9.44. The summed E-state index contributed by atoms with van der Waals surface area (Å²) in [6, 6.07) is 16.9. The van der Waals surface area contributed by atoms with E-state index < -0.39 is 5.97 Å². The summed E-state index contributed by atoms with van der Waals surface area (Å²) >= 11 is 0. The topological polar surface area (TPSA) is 77.4 Å². The van der Waals surface area contributed by atoms with Crippen molar-refractivity contribution in [3.8, 4) is 5.75 Å². The van der Waals surface area contributed by atoms with Gasteiger partial charge in [0.15, 0.2) is 6.61 Å². The number of methoxy groups -OCH3 is 1. The van der Waals surface area contributed by atoms with Gasteiger partial charge in [-0.25, -0.2) is 9.80 Å². The minimum absolute atomic E-state index is 0.176. The zero-order valence-electron chi connectivity index (χ0n) is 16.5. The van der Waals surface area contributed by atoms with Crippen molar-refractivity contribution in [2.24, 2.45) is 5.10 Å². The average molecular weight is 396 g/mol. The van der Waals surface area contributed by atoms with E-state index in [1.165, 1.54) is 5.01 Å². The highest BCUT2D eigenvalue weighted by Gasteiger charge is 2.33. The van der Waals surface area contributed by atoms with Gasteiger partial charge in [0.2, 0.25) is 0 Å². The molecule has 7 nitrogen and oxygen atoms in total. The first kappa shape index (κ1) is 20.5. The van der Waals surface area contributed by atoms with Gasteiger partial charge in [-0.3, -0.25) is 4.79 Å². The van der Waals surface area contributed by atoms with Gasteiger partial charge in [-0.05, 0) is 30.2 Å². The summed E-state index contributed by atoms with van der Waals surface area (Å²) < 4.78 is 15.3. The monoisotopic (exact) mass is 396 g/mol. The van der Waals surface area contributed by atoms with Gasteiger partial charge in [-0.1, -0.05) is 42.5 Å². The lowest BCUT2D eigenvalue weighted by Gasteiger charge is -2.22. The predicted molar refractivity (Wildman–Crippen MR) is 108 cm³/mol. The van der Waals surface area contributed by atoms with Gasteiger partial charge in [0.05, 0.1) is 18.9 Å². The third kappa shape index (κ3) is 5.20. The Bertz CT molecular complexity index is 865. The standard InChI is InChI=1S/C22H24N2O5/c1-3-28-15-22(26)29-14-21(25)24-20(17-9-11-18(27-2)12-10-17)13-19(23-24)16-7-5-4-6-8-16/h4-12,20H,3,13-15H2,1-2H3/t20-/m0/s1. The van der Waals surface area contributed by atoms with Crippen LogP contribution in [0.2, 0.25) is 0 Å². The summed E-state index contributed by atoms with van der Waals surface area (Å²) in [7, 11) is 1.60. The minimum atomic E-state index is -0.576. The molecule has 0 aromatic heterocycles. The van der Waals surface area contributed by atoms with Crippen LogP contribution in [0.15, 0.2) is 59.7 Å². The second-order valence-electron chi connectivity index (χ2n) is 6.44. The molecule has 0 spiro atoms. The van der Waals surface area contributed by atoms with Crippen molar-refractivity contribution in [2.45, 2.75) is 19.4 Å². The van der Waals surface area contributed by atoms with Gasteiger partial charge in [0.1, 0.15) is 12.4 Å². The molecule has 29 heavy (non-hydrogen) atoms. The van der Waals surface area contributed by atoms with Crippen LogP contribution in [0.25, 0.3) is 0 Å². The van der Waals surface area contributed by atoms with Gasteiger partial charge < -0.3 is 14.2 Å². The first-order valence-corrected chi connectivity index (χ1v) is 9.44. The van der Waals surface area contributed by atoms with Gasteiger partial charge in [0, 0.05) is 13.0 Å². The van der Waals surface area contributed by atoms with Crippen molar-refractivity contribution >= 4 is 17.6 Å². The van der Waals surface area contributed by atoms with Crippen molar-refractivity contribution in [3.05, 3.63) is 65.7 Å². The number of amides is 1. The smallest absolute Gasteiger partial charge is 0.332 e. The molecule has 2 aromatic rings. The number of hydrogen-bond acceptors (Lipinski definition) is 6. The highest BCUT2D eigenvalue weighted by Crippen LogP contribution is 2.33. The highest BCUT2D eigenvalue weighted by atomic mass is 16.6. The summed E-state index contributed by atoms with van der Waals surface area (Å²) in [6.07, 6.45) is 0.564. The zero-order chi connectivity index (χ0) is 20.6. The SMILES string of the molecule is CCOCC(=O)OCC(=O)N1N=C(c2ccccc2)C[C@H]1c1ccc(OC)cc1. The molecule has 152 valence electrons. The average Bonchev–Trinajstić information content (AvgIpc) is 3.22. The quantitative estimate of drug-likeness (QED) is 0.641. The molecule has 0 N–H and O–H groups in total. The second kappa shape index (κ2) is 9.84. The number of esters is 1. The fourth-order valence-electron chi connectivity index (χ4n) is 3.07. The Labute approximate surface area is 169 Å². The molecule has 1 amide bonds. The fraction of sp³-hybridized carbons (Fsp3) is 0.318. The van der Waals surface area contributed by atoms with E-state index in [-0.39, 0.29) is 25.2 Å². The summed E-state index contributed by atoms with van der Waals surface area (Å²) in [5.41, 5.74) is 2.68. The molecule has 0 fully saturated rings. The van der Waals surface area contributed by atoms with E-state index in [1.807, 2.05) is 54.6 Å². The molecule has 1 aliphatic rings. The molecule has 0 aliphatic carbocycles. The molecular weight excluding hydrogens is 372 g/mol. The van der Waals surface area contributed by atoms with Crippen LogP contribution in [-0.4, -0.2) is 49.5 Å². The molecule has 0 saturated carbocycles. The largest absolute Gasteiger partial charge is 0.497 e. The minimum Gasteiger partial charge on any atom is -0.497 e. The van der Waals surface area contributed by atoms with Crippen molar-refractivity contribution in [2.75, 3.05) is 26.9 Å². The first-order chi connectivity index (χ1) is 14.1. The van der Waals surface area contributed by atoms with Crippen LogP contribution in [0, 0.1) is 0 Å². The van der Waals surface area contributed by atoms with Crippen LogP contribution >= 0.6 is 0 Å². The maximum absolute atomic E-state index is 12.8. The number of nitrogens with zero attached hydrogens (tertiary/aromatic N) is 2. The van der Waals surface area contributed by atoms with Crippen LogP contribution < -0.4 is 4.74 Å². The van der Waals surface area contributed by atoms with Gasteiger partial charge >= 0.3 is 5.97 Å². The number of benzene rings is 2. The molecule has 2 aromatic carbocycles. The third-order valence-electron chi connectivity index (χ3n) is 4.55. The molecule has 1 atom stereocenters. The van der Waals surface area contributed by atoms with E-state index >= 15 is 0 Å². The summed E-state index contributed by atoms with van der Waals surface area (Å²) in [5, 5.41) is 5.95. The maximum Gasteiger partial charge on any atom is 0.332 e. The number of carbonyl (C=O) groups is 2. The molecule has 7 heteroatoms. The van der Waals surface area contributed by atoms with Crippen molar-refractivity contribution in [3.63, 3.8) is 0 Å². The molecule has 0 unspecified atom stereocenters. The second-order valence-corrected chi connectivity index (χ2v) is 6.44. The Morgan fingerprint density at radius 1 is 1.07 bits per heavy atom. The number of carbonyl (C=O) groups excluding carboxylic acids is 2. The number of rotatable bonds is 8. The van der Waals surface area contributed by atoms with E-state index in [0.29, 0.717) is 13.0 Å². The van der Waals surface area contributed by atoms with Crippen LogP contribution in [-0.2, 0) is 19.1 Å². The Morgan fingerprint density at radius 2 is 1.79 bits per heavy atom. The van der Waals surface area contributed by atoms with Crippen molar-refractivity contribution in [1.29, 1.82) is 0 Å². The van der Waals surface area contributed by atoms with Gasteiger partial charge in [-0.2, -0.15) is 5.10 Å². The van der Waals surface area contributed by atoms with E-state index in [9.17, 15) is 9.59 Å². The van der Waals surface area contributed by atoms with E-state index in [4.69, 9.17) is 14.2 Å². The van der Waals surface area contributed by atoms with Crippen LogP contribution in [0.4, 0.5) is 0 Å². The lowest BCUT2D eigenvalue weighted by Crippen LogP contribution is -2.31. The van der Waals surface area contributed by atoms with Crippen LogP contribution in [0.5, 0.6) is 5.75 Å². The number of hydrogen-bond donors (Lipinski definition) is 0. The molecule has 3 rings (SSSR count). The van der Waals surface area contributed by atoms with Crippen molar-refractivity contribution < 1.29 is 23.8 Å². The Kier molecular flexibility index (Phi) is 6.97. The zero-order valence-corrected chi connectivity index (χ0v) is 16.5. The maximum atomic E-state index is 12.8. The molecule has 0 radical (unpaired) electrons. The fourth-order valence-corrected chi connectivity index (χ4v) is 3.07. The van der Waals surface area contributed by atoms with E-state index in [1.54, 1.807) is 14.0 Å². The lowest BCUT2D eigenvalue weighted by atomic mass is 9.98. The number of hydrazone groups is 1. The van der Waals surface area contributed by atoms with Crippen LogP contribution in [0.3, 0.4) is 0 Å². The van der Waals surface area contributed by atoms with Crippen LogP contribution in [0.1, 0.15) is 30.5 Å². The highest BCUT2D eigenvalue weighted by molar-refractivity contribution is 6.03. The summed E-state index contributed by atoms with van der Waals surface area (Å²) in [6.45, 7) is 1.62. The Morgan fingerprint density at radius 3 is 2.45 bits per heavy atom.